The van der Waals surface area contributed by atoms with Gasteiger partial charge in [0.05, 0.1) is 36.2 Å². The summed E-state index contributed by atoms with van der Waals surface area (Å²) in [6, 6.07) is 10.1. The van der Waals surface area contributed by atoms with E-state index in [2.05, 4.69) is 15.9 Å². The van der Waals surface area contributed by atoms with Crippen molar-refractivity contribution in [1.82, 2.24) is 14.5 Å². The van der Waals surface area contributed by atoms with Crippen LogP contribution in [0.25, 0.3) is 5.69 Å². The Balaban J connectivity index is 1.57. The maximum absolute atomic E-state index is 13.8. The van der Waals surface area contributed by atoms with E-state index in [1.807, 2.05) is 26.0 Å². The number of Topliss-reactive ketones (excluding diaryl/α,β-unsaturated/α-hetero) is 1. The van der Waals surface area contributed by atoms with Gasteiger partial charge >= 0.3 is 6.01 Å². The third-order valence-electron chi connectivity index (χ3n) is 6.72. The molecule has 0 aliphatic carbocycles. The van der Waals surface area contributed by atoms with Gasteiger partial charge in [-0.3, -0.25) is 14.4 Å². The zero-order chi connectivity index (χ0) is 26.4. The van der Waals surface area contributed by atoms with Crippen molar-refractivity contribution in [3.8, 4) is 11.7 Å². The molecule has 0 bridgehead atoms. The Morgan fingerprint density at radius 2 is 1.89 bits per heavy atom. The standard InChI is InChI=1S/C27H25BrClN3O5/c1-14-8-18(4-6-21(14)28)25(34)31-11-23-20(9-15(31)2)26(35)32(27(30-23)37-19-12-36-13-19)24-7-5-17(16(3)33)10-22(24)29/h4-8,10,15,19H,9,11-13H2,1-3H3. The molecule has 1 aromatic heterocycles. The highest BCUT2D eigenvalue weighted by Gasteiger charge is 2.33. The molecule has 3 aromatic rings. The number of amides is 1. The number of aromatic nitrogens is 2. The third kappa shape index (κ3) is 4.83. The smallest absolute Gasteiger partial charge is 0.304 e. The van der Waals surface area contributed by atoms with Crippen LogP contribution < -0.4 is 10.3 Å². The molecule has 0 N–H and O–H groups in total. The van der Waals surface area contributed by atoms with Gasteiger partial charge in [-0.1, -0.05) is 27.5 Å². The van der Waals surface area contributed by atoms with E-state index < -0.39 is 0 Å². The molecule has 1 fully saturated rings. The van der Waals surface area contributed by atoms with Crippen molar-refractivity contribution in [2.75, 3.05) is 13.2 Å². The molecule has 8 nitrogen and oxygen atoms in total. The van der Waals surface area contributed by atoms with E-state index in [1.165, 1.54) is 17.6 Å². The molecule has 1 saturated heterocycles. The summed E-state index contributed by atoms with van der Waals surface area (Å²) in [5, 5.41) is 0.234. The molecule has 2 aliphatic heterocycles. The first kappa shape index (κ1) is 25.6. The molecule has 0 spiro atoms. The van der Waals surface area contributed by atoms with E-state index in [-0.39, 0.29) is 47.0 Å². The molecular formula is C27H25BrClN3O5. The monoisotopic (exact) mass is 585 g/mol. The van der Waals surface area contributed by atoms with E-state index in [0.717, 1.165) is 10.0 Å². The van der Waals surface area contributed by atoms with Crippen LogP contribution in [-0.4, -0.2) is 51.5 Å². The van der Waals surface area contributed by atoms with Crippen LogP contribution in [0.2, 0.25) is 5.02 Å². The maximum atomic E-state index is 13.8. The molecule has 192 valence electrons. The van der Waals surface area contributed by atoms with Crippen molar-refractivity contribution in [3.05, 3.63) is 84.2 Å². The number of halogens is 2. The first-order valence-electron chi connectivity index (χ1n) is 11.9. The lowest BCUT2D eigenvalue weighted by atomic mass is 9.98. The summed E-state index contributed by atoms with van der Waals surface area (Å²) in [4.78, 5) is 45.5. The molecule has 2 aliphatic rings. The Labute approximate surface area is 227 Å². The van der Waals surface area contributed by atoms with Crippen molar-refractivity contribution >= 4 is 39.2 Å². The average Bonchev–Trinajstić information content (AvgIpc) is 2.83. The molecule has 5 rings (SSSR count). The minimum atomic E-state index is -0.309. The summed E-state index contributed by atoms with van der Waals surface area (Å²) in [6.07, 6.45) is 0.0794. The first-order valence-corrected chi connectivity index (χ1v) is 13.1. The van der Waals surface area contributed by atoms with Crippen LogP contribution in [0, 0.1) is 6.92 Å². The predicted molar refractivity (Wildman–Crippen MR) is 142 cm³/mol. The summed E-state index contributed by atoms with van der Waals surface area (Å²) < 4.78 is 13.6. The van der Waals surface area contributed by atoms with E-state index in [4.69, 9.17) is 26.1 Å². The first-order chi connectivity index (χ1) is 17.6. The largest absolute Gasteiger partial charge is 0.456 e. The van der Waals surface area contributed by atoms with E-state index >= 15 is 0 Å². The number of hydrogen-bond donors (Lipinski definition) is 0. The van der Waals surface area contributed by atoms with Crippen molar-refractivity contribution in [3.63, 3.8) is 0 Å². The quantitative estimate of drug-likeness (QED) is 0.408. The Morgan fingerprint density at radius 3 is 2.51 bits per heavy atom. The Morgan fingerprint density at radius 1 is 1.16 bits per heavy atom. The minimum Gasteiger partial charge on any atom is -0.456 e. The number of hydrogen-bond acceptors (Lipinski definition) is 6. The highest BCUT2D eigenvalue weighted by atomic mass is 79.9. The van der Waals surface area contributed by atoms with Gasteiger partial charge in [0, 0.05) is 27.2 Å². The zero-order valence-corrected chi connectivity index (χ0v) is 22.9. The molecule has 2 aromatic carbocycles. The number of carbonyl (C=O) groups excluding carboxylic acids is 2. The summed E-state index contributed by atoms with van der Waals surface area (Å²) in [6.45, 7) is 6.24. The lowest BCUT2D eigenvalue weighted by Crippen LogP contribution is -2.46. The second kappa shape index (κ2) is 10.0. The van der Waals surface area contributed by atoms with Gasteiger partial charge in [-0.15, -0.1) is 0 Å². The van der Waals surface area contributed by atoms with Crippen LogP contribution in [-0.2, 0) is 17.7 Å². The highest BCUT2D eigenvalue weighted by Crippen LogP contribution is 2.29. The number of ether oxygens (including phenoxy) is 2. The topological polar surface area (TPSA) is 90.7 Å². The van der Waals surface area contributed by atoms with Crippen molar-refractivity contribution < 1.29 is 19.1 Å². The lowest BCUT2D eigenvalue weighted by molar-refractivity contribution is -0.0842. The van der Waals surface area contributed by atoms with Gasteiger partial charge in [-0.05, 0) is 69.2 Å². The zero-order valence-electron chi connectivity index (χ0n) is 20.6. The average molecular weight is 587 g/mol. The van der Waals surface area contributed by atoms with Crippen molar-refractivity contribution in [2.45, 2.75) is 45.9 Å². The SMILES string of the molecule is CC(=O)c1ccc(-n2c(OC3COC3)nc3c(c2=O)CC(C)N(C(=O)c2ccc(Br)c(C)c2)C3)c(Cl)c1. The summed E-state index contributed by atoms with van der Waals surface area (Å²) in [7, 11) is 0. The summed E-state index contributed by atoms with van der Waals surface area (Å²) in [5.41, 5.74) is 3.04. The molecule has 0 saturated carbocycles. The van der Waals surface area contributed by atoms with Gasteiger partial charge in [0.1, 0.15) is 6.10 Å². The van der Waals surface area contributed by atoms with E-state index in [1.54, 1.807) is 23.1 Å². The van der Waals surface area contributed by atoms with Crippen LogP contribution in [0.4, 0.5) is 0 Å². The number of benzene rings is 2. The van der Waals surface area contributed by atoms with Gasteiger partial charge < -0.3 is 14.4 Å². The van der Waals surface area contributed by atoms with Gasteiger partial charge in [-0.25, -0.2) is 4.57 Å². The van der Waals surface area contributed by atoms with E-state index in [9.17, 15) is 14.4 Å². The van der Waals surface area contributed by atoms with Crippen LogP contribution in [0.5, 0.6) is 6.01 Å². The number of rotatable bonds is 5. The fourth-order valence-corrected chi connectivity index (χ4v) is 4.99. The molecule has 37 heavy (non-hydrogen) atoms. The van der Waals surface area contributed by atoms with Crippen LogP contribution in [0.1, 0.15) is 51.4 Å². The van der Waals surface area contributed by atoms with Gasteiger partial charge in [-0.2, -0.15) is 4.98 Å². The number of aryl methyl sites for hydroxylation is 1. The highest BCUT2D eigenvalue weighted by molar-refractivity contribution is 9.10. The molecule has 3 heterocycles. The number of nitrogens with zero attached hydrogens (tertiary/aromatic N) is 3. The van der Waals surface area contributed by atoms with Gasteiger partial charge in [0.2, 0.25) is 0 Å². The summed E-state index contributed by atoms with van der Waals surface area (Å²) in [5.74, 6) is -0.260. The fraction of sp³-hybridized carbons (Fsp3) is 0.333. The normalized spacial score (nSPS) is 17.2. The van der Waals surface area contributed by atoms with Crippen LogP contribution in [0.3, 0.4) is 0 Å². The Hall–Kier alpha value is -3.01. The minimum absolute atomic E-state index is 0.0796. The molecule has 1 amide bonds. The third-order valence-corrected chi connectivity index (χ3v) is 7.92. The predicted octanol–water partition coefficient (Wildman–Crippen LogP) is 4.52. The maximum Gasteiger partial charge on any atom is 0.304 e. The van der Waals surface area contributed by atoms with Crippen LogP contribution in [0.15, 0.2) is 45.7 Å². The molecular weight excluding hydrogens is 562 g/mol. The summed E-state index contributed by atoms with van der Waals surface area (Å²) >= 11 is 10.0. The number of carbonyl (C=O) groups is 2. The Kier molecular flexibility index (Phi) is 6.95. The second-order valence-corrected chi connectivity index (χ2v) is 10.7. The fourth-order valence-electron chi connectivity index (χ4n) is 4.48. The van der Waals surface area contributed by atoms with Crippen LogP contribution >= 0.6 is 27.5 Å². The van der Waals surface area contributed by atoms with Crippen molar-refractivity contribution in [2.24, 2.45) is 0 Å². The molecule has 1 unspecified atom stereocenters. The molecule has 0 radical (unpaired) electrons. The molecule has 1 atom stereocenters. The van der Waals surface area contributed by atoms with Gasteiger partial charge in [0.25, 0.3) is 11.5 Å². The number of fused-ring (bicyclic) bond motifs is 1. The van der Waals surface area contributed by atoms with Gasteiger partial charge in [0.15, 0.2) is 5.78 Å². The lowest BCUT2D eigenvalue weighted by Gasteiger charge is -2.35. The second-order valence-electron chi connectivity index (χ2n) is 9.41. The van der Waals surface area contributed by atoms with Crippen molar-refractivity contribution in [1.29, 1.82) is 0 Å². The Bertz CT molecular complexity index is 1480. The van der Waals surface area contributed by atoms with E-state index in [0.29, 0.717) is 47.7 Å². The molecule has 10 heteroatoms. The number of ketones is 1.